The Bertz CT molecular complexity index is 1150. The van der Waals surface area contributed by atoms with Gasteiger partial charge in [0, 0.05) is 88.6 Å². The summed E-state index contributed by atoms with van der Waals surface area (Å²) < 4.78 is 34.6. The van der Waals surface area contributed by atoms with Crippen LogP contribution < -0.4 is 15.1 Å². The molecule has 0 unspecified atom stereocenters. The number of hydrogen-bond donors (Lipinski definition) is 1. The smallest absolute Gasteiger partial charge is 0.408 e. The van der Waals surface area contributed by atoms with Gasteiger partial charge in [-0.25, -0.2) is 18.6 Å². The van der Waals surface area contributed by atoms with Gasteiger partial charge in [0.15, 0.2) is 0 Å². The van der Waals surface area contributed by atoms with Gasteiger partial charge in [-0.1, -0.05) is 19.9 Å². The maximum atomic E-state index is 14.4. The molecule has 5 heterocycles. The van der Waals surface area contributed by atoms with Gasteiger partial charge in [0.25, 0.3) is 6.43 Å². The van der Waals surface area contributed by atoms with Crippen LogP contribution in [-0.4, -0.2) is 96.3 Å². The molecule has 218 valence electrons. The lowest BCUT2D eigenvalue weighted by molar-refractivity contribution is -0.128. The number of carbonyl (C=O) groups is 2. The number of anilines is 2. The van der Waals surface area contributed by atoms with Crippen molar-refractivity contribution in [3.63, 3.8) is 0 Å². The standard InChI is InChI=1S/C29H40F2N6O3/c1-3-6-21-22(37-18-20(19-37)34-13-15-36(16-14-34)24(38)4-2)17-23(32-25(21)26(30)31)35-11-9-29(10-12-35)28(7-5-8-28)33-27(39)40-29/h4,17,20,26H,2-3,5-16,18-19H2,1H3,(H,33,39). The Morgan fingerprint density at radius 3 is 2.42 bits per heavy atom. The summed E-state index contributed by atoms with van der Waals surface area (Å²) in [6.45, 7) is 11.3. The number of alkyl halides is 2. The summed E-state index contributed by atoms with van der Waals surface area (Å²) >= 11 is 0. The summed E-state index contributed by atoms with van der Waals surface area (Å²) in [6.07, 6.45) is 3.95. The Balaban J connectivity index is 1.18. The number of ether oxygens (including phenoxy) is 1. The molecule has 1 aromatic heterocycles. The number of halogens is 2. The molecule has 5 fully saturated rings. The number of pyridine rings is 1. The van der Waals surface area contributed by atoms with E-state index in [4.69, 9.17) is 4.74 Å². The molecule has 4 aliphatic heterocycles. The molecule has 5 aliphatic rings. The highest BCUT2D eigenvalue weighted by molar-refractivity contribution is 5.87. The van der Waals surface area contributed by atoms with Gasteiger partial charge in [-0.3, -0.25) is 9.69 Å². The van der Waals surface area contributed by atoms with Crippen LogP contribution in [0.15, 0.2) is 18.7 Å². The first kappa shape index (κ1) is 27.2. The van der Waals surface area contributed by atoms with Crippen molar-refractivity contribution in [2.45, 2.75) is 75.5 Å². The summed E-state index contributed by atoms with van der Waals surface area (Å²) in [6, 6.07) is 2.34. The number of nitrogens with zero attached hydrogens (tertiary/aromatic N) is 5. The topological polar surface area (TPSA) is 81.2 Å². The zero-order valence-electron chi connectivity index (χ0n) is 23.3. The predicted octanol–water partition coefficient (Wildman–Crippen LogP) is 3.49. The van der Waals surface area contributed by atoms with E-state index in [0.717, 1.165) is 57.5 Å². The molecule has 2 amide bonds. The van der Waals surface area contributed by atoms with Crippen molar-refractivity contribution in [3.8, 4) is 0 Å². The first-order chi connectivity index (χ1) is 19.3. The van der Waals surface area contributed by atoms with E-state index >= 15 is 0 Å². The van der Waals surface area contributed by atoms with Gasteiger partial charge >= 0.3 is 6.09 Å². The van der Waals surface area contributed by atoms with E-state index in [1.807, 2.05) is 17.9 Å². The summed E-state index contributed by atoms with van der Waals surface area (Å²) in [5.74, 6) is 0.553. The van der Waals surface area contributed by atoms with Crippen molar-refractivity contribution in [2.75, 3.05) is 62.2 Å². The Labute approximate surface area is 234 Å². The summed E-state index contributed by atoms with van der Waals surface area (Å²) in [4.78, 5) is 37.2. The molecule has 4 saturated heterocycles. The lowest BCUT2D eigenvalue weighted by Gasteiger charge is -2.52. The van der Waals surface area contributed by atoms with E-state index in [9.17, 15) is 18.4 Å². The van der Waals surface area contributed by atoms with Crippen LogP contribution in [0.1, 0.15) is 63.1 Å². The average Bonchev–Trinajstić information content (AvgIpc) is 3.20. The van der Waals surface area contributed by atoms with E-state index in [-0.39, 0.29) is 23.2 Å². The molecule has 0 radical (unpaired) electrons. The fourth-order valence-corrected chi connectivity index (χ4v) is 7.41. The molecular weight excluding hydrogens is 518 g/mol. The van der Waals surface area contributed by atoms with Gasteiger partial charge in [0.05, 0.1) is 5.54 Å². The first-order valence-corrected chi connectivity index (χ1v) is 14.8. The van der Waals surface area contributed by atoms with Crippen LogP contribution in [0.2, 0.25) is 0 Å². The molecule has 6 rings (SSSR count). The Hall–Kier alpha value is -2.95. The number of amides is 2. The molecule has 1 N–H and O–H groups in total. The Morgan fingerprint density at radius 2 is 1.85 bits per heavy atom. The second-order valence-electron chi connectivity index (χ2n) is 12.0. The van der Waals surface area contributed by atoms with Gasteiger partial charge in [-0.05, 0) is 31.8 Å². The highest BCUT2D eigenvalue weighted by atomic mass is 19.3. The normalized spacial score (nSPS) is 24.2. The van der Waals surface area contributed by atoms with Crippen LogP contribution in [0.4, 0.5) is 25.1 Å². The fourth-order valence-electron chi connectivity index (χ4n) is 7.41. The minimum Gasteiger partial charge on any atom is -0.440 e. The van der Waals surface area contributed by atoms with Crippen molar-refractivity contribution >= 4 is 23.5 Å². The maximum absolute atomic E-state index is 14.4. The number of fused-ring (bicyclic) bond motifs is 1. The van der Waals surface area contributed by atoms with Gasteiger partial charge in [-0.2, -0.15) is 0 Å². The Morgan fingerprint density at radius 1 is 1.15 bits per heavy atom. The number of alkyl carbamates (subject to hydrolysis) is 1. The minimum atomic E-state index is -2.65. The zero-order chi connectivity index (χ0) is 28.1. The summed E-state index contributed by atoms with van der Waals surface area (Å²) in [5.41, 5.74) is 0.616. The fraction of sp³-hybridized carbons (Fsp3) is 0.690. The molecular formula is C29H40F2N6O3. The van der Waals surface area contributed by atoms with Crippen LogP contribution in [0, 0.1) is 0 Å². The lowest BCUT2D eigenvalue weighted by atomic mass is 9.62. The molecule has 2 spiro atoms. The van der Waals surface area contributed by atoms with Crippen LogP contribution in [0.3, 0.4) is 0 Å². The molecule has 0 bridgehead atoms. The second kappa shape index (κ2) is 10.5. The third-order valence-electron chi connectivity index (χ3n) is 9.95. The largest absolute Gasteiger partial charge is 0.440 e. The quantitative estimate of drug-likeness (QED) is 0.513. The zero-order valence-corrected chi connectivity index (χ0v) is 23.3. The molecule has 9 nitrogen and oxygen atoms in total. The Kier molecular flexibility index (Phi) is 7.13. The van der Waals surface area contributed by atoms with E-state index in [1.165, 1.54) is 6.08 Å². The second-order valence-corrected chi connectivity index (χ2v) is 12.0. The lowest BCUT2D eigenvalue weighted by Crippen LogP contribution is -2.64. The number of aromatic nitrogens is 1. The SMILES string of the molecule is C=CC(=O)N1CCN(C2CN(c3cc(N4CCC5(CC4)OC(=O)NC54CCC4)nc(C(F)F)c3CCC)C2)CC1. The molecule has 0 atom stereocenters. The molecule has 11 heteroatoms. The van der Waals surface area contributed by atoms with E-state index < -0.39 is 12.0 Å². The third-order valence-corrected chi connectivity index (χ3v) is 9.95. The molecule has 1 saturated carbocycles. The molecule has 1 aliphatic carbocycles. The first-order valence-electron chi connectivity index (χ1n) is 14.8. The number of hydrogen-bond acceptors (Lipinski definition) is 7. The van der Waals surface area contributed by atoms with Crippen molar-refractivity contribution in [1.82, 2.24) is 20.1 Å². The van der Waals surface area contributed by atoms with Crippen molar-refractivity contribution in [2.24, 2.45) is 0 Å². The highest BCUT2D eigenvalue weighted by Gasteiger charge is 2.63. The number of carbonyl (C=O) groups excluding carboxylic acids is 2. The third kappa shape index (κ3) is 4.50. The van der Waals surface area contributed by atoms with Gasteiger partial charge in [0.2, 0.25) is 5.91 Å². The molecule has 1 aromatic rings. The summed E-state index contributed by atoms with van der Waals surface area (Å²) in [5, 5.41) is 3.08. The summed E-state index contributed by atoms with van der Waals surface area (Å²) in [7, 11) is 0. The van der Waals surface area contributed by atoms with Crippen LogP contribution in [0.5, 0.6) is 0 Å². The van der Waals surface area contributed by atoms with Crippen LogP contribution >= 0.6 is 0 Å². The van der Waals surface area contributed by atoms with Gasteiger partial charge < -0.3 is 24.8 Å². The van der Waals surface area contributed by atoms with Gasteiger partial charge in [0.1, 0.15) is 17.1 Å². The van der Waals surface area contributed by atoms with Crippen LogP contribution in [-0.2, 0) is 16.0 Å². The molecule has 0 aromatic carbocycles. The molecule has 40 heavy (non-hydrogen) atoms. The van der Waals surface area contributed by atoms with Gasteiger partial charge in [-0.15, -0.1) is 0 Å². The number of rotatable bonds is 7. The number of nitrogens with one attached hydrogen (secondary N) is 1. The van der Waals surface area contributed by atoms with Crippen molar-refractivity contribution in [3.05, 3.63) is 30.0 Å². The van der Waals surface area contributed by atoms with E-state index in [2.05, 4.69) is 31.6 Å². The van der Waals surface area contributed by atoms with Crippen LogP contribution in [0.25, 0.3) is 0 Å². The maximum Gasteiger partial charge on any atom is 0.408 e. The van der Waals surface area contributed by atoms with Crippen molar-refractivity contribution in [1.29, 1.82) is 0 Å². The number of piperidine rings is 1. The number of piperazine rings is 1. The van der Waals surface area contributed by atoms with E-state index in [0.29, 0.717) is 62.9 Å². The highest BCUT2D eigenvalue weighted by Crippen LogP contribution is 2.51. The predicted molar refractivity (Wildman–Crippen MR) is 148 cm³/mol. The van der Waals surface area contributed by atoms with E-state index in [1.54, 1.807) is 0 Å². The average molecular weight is 559 g/mol. The minimum absolute atomic E-state index is 0.0308. The van der Waals surface area contributed by atoms with Crippen molar-refractivity contribution < 1.29 is 23.1 Å². The monoisotopic (exact) mass is 558 g/mol.